The summed E-state index contributed by atoms with van der Waals surface area (Å²) in [6, 6.07) is 17.4. The first-order valence-corrected chi connectivity index (χ1v) is 6.61. The zero-order valence-corrected chi connectivity index (χ0v) is 11.2. The van der Waals surface area contributed by atoms with E-state index in [9.17, 15) is 9.18 Å². The molecule has 0 saturated heterocycles. The smallest absolute Gasteiger partial charge is 0.270 e. The van der Waals surface area contributed by atoms with Crippen molar-refractivity contribution in [3.8, 4) is 0 Å². The van der Waals surface area contributed by atoms with Crippen LogP contribution in [0.4, 0.5) is 4.39 Å². The van der Waals surface area contributed by atoms with E-state index in [1.807, 2.05) is 30.3 Å². The van der Waals surface area contributed by atoms with Crippen LogP contribution >= 0.6 is 0 Å². The summed E-state index contributed by atoms with van der Waals surface area (Å²) in [7, 11) is 0. The molecule has 0 saturated carbocycles. The van der Waals surface area contributed by atoms with Gasteiger partial charge in [-0.25, -0.2) is 9.37 Å². The lowest BCUT2D eigenvalue weighted by Crippen LogP contribution is -2.23. The zero-order chi connectivity index (χ0) is 14.7. The SMILES string of the molecule is O=C(NCc1ccccc1)c1ccc2ccc(F)cc2n1. The zero-order valence-electron chi connectivity index (χ0n) is 11.2. The topological polar surface area (TPSA) is 42.0 Å². The van der Waals surface area contributed by atoms with Gasteiger partial charge in [0.1, 0.15) is 11.5 Å². The number of nitrogens with one attached hydrogen (secondary N) is 1. The van der Waals surface area contributed by atoms with Crippen LogP contribution in [-0.2, 0) is 6.54 Å². The third-order valence-corrected chi connectivity index (χ3v) is 3.18. The first-order valence-electron chi connectivity index (χ1n) is 6.61. The highest BCUT2D eigenvalue weighted by molar-refractivity contribution is 5.94. The van der Waals surface area contributed by atoms with Gasteiger partial charge in [0.25, 0.3) is 5.91 Å². The summed E-state index contributed by atoms with van der Waals surface area (Å²) in [5.41, 5.74) is 1.77. The molecule has 0 aliphatic carbocycles. The van der Waals surface area contributed by atoms with E-state index in [0.29, 0.717) is 12.1 Å². The van der Waals surface area contributed by atoms with Gasteiger partial charge in [-0.1, -0.05) is 36.4 Å². The number of rotatable bonds is 3. The molecule has 0 unspecified atom stereocenters. The van der Waals surface area contributed by atoms with Gasteiger partial charge in [0.05, 0.1) is 5.52 Å². The standard InChI is InChI=1S/C17H13FN2O/c18-14-8-6-13-7-9-15(20-16(13)10-14)17(21)19-11-12-4-2-1-3-5-12/h1-10H,11H2,(H,19,21). The van der Waals surface area contributed by atoms with Crippen molar-refractivity contribution < 1.29 is 9.18 Å². The van der Waals surface area contributed by atoms with Gasteiger partial charge in [-0.3, -0.25) is 4.79 Å². The maximum Gasteiger partial charge on any atom is 0.270 e. The maximum atomic E-state index is 13.2. The van der Waals surface area contributed by atoms with Gasteiger partial charge < -0.3 is 5.32 Å². The molecule has 1 N–H and O–H groups in total. The molecule has 0 spiro atoms. The third kappa shape index (κ3) is 3.05. The van der Waals surface area contributed by atoms with E-state index < -0.39 is 0 Å². The van der Waals surface area contributed by atoms with E-state index in [-0.39, 0.29) is 17.4 Å². The molecule has 3 nitrogen and oxygen atoms in total. The van der Waals surface area contributed by atoms with Gasteiger partial charge in [0, 0.05) is 18.0 Å². The second-order valence-electron chi connectivity index (χ2n) is 4.70. The number of hydrogen-bond acceptors (Lipinski definition) is 2. The van der Waals surface area contributed by atoms with Crippen LogP contribution in [0, 0.1) is 5.82 Å². The van der Waals surface area contributed by atoms with E-state index in [1.54, 1.807) is 18.2 Å². The molecule has 1 aromatic heterocycles. The molecule has 21 heavy (non-hydrogen) atoms. The number of benzene rings is 2. The van der Waals surface area contributed by atoms with Crippen LogP contribution in [0.1, 0.15) is 16.1 Å². The van der Waals surface area contributed by atoms with Gasteiger partial charge in [0.2, 0.25) is 0 Å². The molecule has 0 atom stereocenters. The van der Waals surface area contributed by atoms with E-state index in [0.717, 1.165) is 10.9 Å². The molecule has 0 aliphatic rings. The number of carbonyl (C=O) groups is 1. The van der Waals surface area contributed by atoms with Crippen LogP contribution in [0.2, 0.25) is 0 Å². The Bertz CT molecular complexity index is 787. The molecule has 3 aromatic rings. The van der Waals surface area contributed by atoms with E-state index in [2.05, 4.69) is 10.3 Å². The number of pyridine rings is 1. The van der Waals surface area contributed by atoms with Gasteiger partial charge in [0.15, 0.2) is 0 Å². The monoisotopic (exact) mass is 280 g/mol. The number of aromatic nitrogens is 1. The van der Waals surface area contributed by atoms with Gasteiger partial charge in [-0.15, -0.1) is 0 Å². The van der Waals surface area contributed by atoms with Crippen LogP contribution < -0.4 is 5.32 Å². The van der Waals surface area contributed by atoms with Crippen molar-refractivity contribution in [2.45, 2.75) is 6.54 Å². The number of hydrogen-bond donors (Lipinski definition) is 1. The summed E-state index contributed by atoms with van der Waals surface area (Å²) in [5.74, 6) is -0.637. The predicted octanol–water partition coefficient (Wildman–Crippen LogP) is 3.30. The van der Waals surface area contributed by atoms with Crippen LogP contribution in [-0.4, -0.2) is 10.9 Å². The summed E-state index contributed by atoms with van der Waals surface area (Å²) in [4.78, 5) is 16.3. The van der Waals surface area contributed by atoms with Crippen molar-refractivity contribution >= 4 is 16.8 Å². The molecular weight excluding hydrogens is 267 g/mol. The van der Waals surface area contributed by atoms with Crippen molar-refractivity contribution in [3.05, 3.63) is 77.7 Å². The normalized spacial score (nSPS) is 10.5. The van der Waals surface area contributed by atoms with Crippen molar-refractivity contribution in [3.63, 3.8) is 0 Å². The average Bonchev–Trinajstić information content (AvgIpc) is 2.53. The minimum atomic E-state index is -0.364. The van der Waals surface area contributed by atoms with Crippen LogP contribution in [0.3, 0.4) is 0 Å². The van der Waals surface area contributed by atoms with Crippen molar-refractivity contribution in [2.75, 3.05) is 0 Å². The van der Waals surface area contributed by atoms with Gasteiger partial charge >= 0.3 is 0 Å². The van der Waals surface area contributed by atoms with E-state index >= 15 is 0 Å². The number of amides is 1. The van der Waals surface area contributed by atoms with Crippen LogP contribution in [0.5, 0.6) is 0 Å². The van der Waals surface area contributed by atoms with Gasteiger partial charge in [-0.05, 0) is 23.8 Å². The summed E-state index contributed by atoms with van der Waals surface area (Å²) in [6.07, 6.45) is 0. The Labute approximate surface area is 121 Å². The van der Waals surface area contributed by atoms with Crippen LogP contribution in [0.15, 0.2) is 60.7 Å². The molecule has 2 aromatic carbocycles. The lowest BCUT2D eigenvalue weighted by atomic mass is 10.2. The molecule has 0 radical (unpaired) electrons. The van der Waals surface area contributed by atoms with Crippen molar-refractivity contribution in [2.24, 2.45) is 0 Å². The molecule has 3 rings (SSSR count). The molecule has 0 aliphatic heterocycles. The second kappa shape index (κ2) is 5.71. The fraction of sp³-hybridized carbons (Fsp3) is 0.0588. The van der Waals surface area contributed by atoms with Gasteiger partial charge in [-0.2, -0.15) is 0 Å². The van der Waals surface area contributed by atoms with E-state index in [1.165, 1.54) is 12.1 Å². The lowest BCUT2D eigenvalue weighted by molar-refractivity contribution is 0.0946. The summed E-state index contributed by atoms with van der Waals surface area (Å²) in [5, 5.41) is 3.60. The Morgan fingerprint density at radius 2 is 1.81 bits per heavy atom. The number of nitrogens with zero attached hydrogens (tertiary/aromatic N) is 1. The van der Waals surface area contributed by atoms with Crippen molar-refractivity contribution in [1.29, 1.82) is 0 Å². The highest BCUT2D eigenvalue weighted by Gasteiger charge is 2.08. The Morgan fingerprint density at radius 1 is 1.05 bits per heavy atom. The highest BCUT2D eigenvalue weighted by Crippen LogP contribution is 2.14. The number of fused-ring (bicyclic) bond motifs is 1. The fourth-order valence-electron chi connectivity index (χ4n) is 2.09. The minimum absolute atomic E-state index is 0.273. The number of carbonyl (C=O) groups excluding carboxylic acids is 1. The molecule has 104 valence electrons. The highest BCUT2D eigenvalue weighted by atomic mass is 19.1. The summed E-state index contributed by atoms with van der Waals surface area (Å²) in [6.45, 7) is 0.433. The first kappa shape index (κ1) is 13.2. The Balaban J connectivity index is 1.78. The van der Waals surface area contributed by atoms with E-state index in [4.69, 9.17) is 0 Å². The first-order chi connectivity index (χ1) is 10.2. The van der Waals surface area contributed by atoms with Crippen LogP contribution in [0.25, 0.3) is 10.9 Å². The molecule has 4 heteroatoms. The maximum absolute atomic E-state index is 13.2. The number of halogens is 1. The third-order valence-electron chi connectivity index (χ3n) is 3.18. The largest absolute Gasteiger partial charge is 0.347 e. The molecule has 1 amide bonds. The molecule has 0 bridgehead atoms. The Morgan fingerprint density at radius 3 is 2.62 bits per heavy atom. The average molecular weight is 280 g/mol. The Kier molecular flexibility index (Phi) is 3.60. The Hall–Kier alpha value is -2.75. The minimum Gasteiger partial charge on any atom is -0.347 e. The predicted molar refractivity (Wildman–Crippen MR) is 79.3 cm³/mol. The second-order valence-corrected chi connectivity index (χ2v) is 4.70. The fourth-order valence-corrected chi connectivity index (χ4v) is 2.09. The summed E-state index contributed by atoms with van der Waals surface area (Å²) >= 11 is 0. The molecular formula is C17H13FN2O. The lowest BCUT2D eigenvalue weighted by Gasteiger charge is -2.06. The van der Waals surface area contributed by atoms with Crippen molar-refractivity contribution in [1.82, 2.24) is 10.3 Å². The molecule has 1 heterocycles. The summed E-state index contributed by atoms with van der Waals surface area (Å²) < 4.78 is 13.2. The molecule has 0 fully saturated rings. The quantitative estimate of drug-likeness (QED) is 0.799.